The minimum absolute atomic E-state index is 0. The molecule has 0 radical (unpaired) electrons. The number of rotatable bonds is 1. The third-order valence-electron chi connectivity index (χ3n) is 1.18. The number of nitrogens with two attached hydrogens (primary N) is 2. The lowest BCUT2D eigenvalue weighted by molar-refractivity contribution is 0.587. The number of hydrogen-bond acceptors (Lipinski definition) is 1. The fourth-order valence-corrected chi connectivity index (χ4v) is 0.725. The van der Waals surface area contributed by atoms with Crippen LogP contribution >= 0.6 is 12.4 Å². The second-order valence-electron chi connectivity index (χ2n) is 2.11. The van der Waals surface area contributed by atoms with Crippen molar-refractivity contribution < 1.29 is 8.78 Å². The molecule has 0 aliphatic rings. The fourth-order valence-electron chi connectivity index (χ4n) is 0.725. The lowest BCUT2D eigenvalue weighted by atomic mass is 10.3. The average Bonchev–Trinajstić information content (AvgIpc) is 1.97. The zero-order chi connectivity index (χ0) is 9.14. The van der Waals surface area contributed by atoms with Gasteiger partial charge in [0, 0.05) is 0 Å². The first-order valence-corrected chi connectivity index (χ1v) is 3.15. The molecule has 0 saturated carbocycles. The number of benzene rings is 1. The number of aliphatic imine (C=N–C) groups is 1. The minimum atomic E-state index is -0.789. The van der Waals surface area contributed by atoms with Crippen LogP contribution < -0.4 is 11.5 Å². The van der Waals surface area contributed by atoms with Crippen LogP contribution in [0.2, 0.25) is 0 Å². The van der Waals surface area contributed by atoms with E-state index in [0.29, 0.717) is 0 Å². The summed E-state index contributed by atoms with van der Waals surface area (Å²) in [6, 6.07) is 3.38. The van der Waals surface area contributed by atoms with Gasteiger partial charge in [0.1, 0.15) is 5.69 Å². The molecular weight excluding hydrogens is 200 g/mol. The van der Waals surface area contributed by atoms with Crippen molar-refractivity contribution in [2.75, 3.05) is 0 Å². The maximum atomic E-state index is 12.8. The van der Waals surface area contributed by atoms with E-state index in [-0.39, 0.29) is 18.4 Å². The van der Waals surface area contributed by atoms with Gasteiger partial charge in [-0.3, -0.25) is 0 Å². The third kappa shape index (κ3) is 2.87. The van der Waals surface area contributed by atoms with Gasteiger partial charge in [-0.25, -0.2) is 13.8 Å². The van der Waals surface area contributed by atoms with Gasteiger partial charge in [-0.05, 0) is 12.1 Å². The summed E-state index contributed by atoms with van der Waals surface area (Å²) in [4.78, 5) is 3.28. The van der Waals surface area contributed by atoms with E-state index in [4.69, 9.17) is 11.5 Å². The Kier molecular flexibility index (Phi) is 4.13. The number of nitrogens with zero attached hydrogens (tertiary/aromatic N) is 1. The van der Waals surface area contributed by atoms with E-state index in [1.54, 1.807) is 0 Å². The number of halogens is 3. The Morgan fingerprint density at radius 1 is 1.15 bits per heavy atom. The molecule has 0 heterocycles. The van der Waals surface area contributed by atoms with Crippen molar-refractivity contribution >= 4 is 24.1 Å². The van der Waals surface area contributed by atoms with Crippen molar-refractivity contribution in [1.29, 1.82) is 0 Å². The standard InChI is InChI=1S/C7H7F2N3.ClH/c8-4-2-1-3-5(9)6(4)12-7(10)11;/h1-3H,(H4,10,11,12);1H. The molecule has 72 valence electrons. The Labute approximate surface area is 79.9 Å². The van der Waals surface area contributed by atoms with Crippen LogP contribution in [0.3, 0.4) is 0 Å². The summed E-state index contributed by atoms with van der Waals surface area (Å²) in [5, 5.41) is 0. The van der Waals surface area contributed by atoms with Crippen LogP contribution in [0.15, 0.2) is 23.2 Å². The Morgan fingerprint density at radius 2 is 1.62 bits per heavy atom. The van der Waals surface area contributed by atoms with E-state index in [2.05, 4.69) is 4.99 Å². The normalized spacial score (nSPS) is 8.77. The first kappa shape index (κ1) is 11.6. The fraction of sp³-hybridized carbons (Fsp3) is 0. The van der Waals surface area contributed by atoms with Crippen molar-refractivity contribution in [3.05, 3.63) is 29.8 Å². The summed E-state index contributed by atoms with van der Waals surface area (Å²) in [5.41, 5.74) is 9.45. The van der Waals surface area contributed by atoms with Crippen molar-refractivity contribution in [2.24, 2.45) is 16.5 Å². The van der Waals surface area contributed by atoms with Gasteiger partial charge in [0.2, 0.25) is 0 Å². The SMILES string of the molecule is Cl.NC(N)=Nc1c(F)cccc1F. The van der Waals surface area contributed by atoms with Crippen molar-refractivity contribution in [2.45, 2.75) is 0 Å². The van der Waals surface area contributed by atoms with Crippen LogP contribution in [-0.4, -0.2) is 5.96 Å². The van der Waals surface area contributed by atoms with Crippen molar-refractivity contribution in [1.82, 2.24) is 0 Å². The molecule has 3 nitrogen and oxygen atoms in total. The van der Waals surface area contributed by atoms with Crippen molar-refractivity contribution in [3.8, 4) is 0 Å². The van der Waals surface area contributed by atoms with E-state index in [1.165, 1.54) is 6.07 Å². The third-order valence-corrected chi connectivity index (χ3v) is 1.18. The van der Waals surface area contributed by atoms with Gasteiger partial charge in [-0.1, -0.05) is 6.07 Å². The lowest BCUT2D eigenvalue weighted by Crippen LogP contribution is -2.22. The molecule has 6 heteroatoms. The first-order valence-electron chi connectivity index (χ1n) is 3.15. The molecule has 0 spiro atoms. The maximum absolute atomic E-state index is 12.8. The molecule has 0 unspecified atom stereocenters. The van der Waals surface area contributed by atoms with Crippen LogP contribution in [0, 0.1) is 11.6 Å². The van der Waals surface area contributed by atoms with Crippen LogP contribution in [0.4, 0.5) is 14.5 Å². The Morgan fingerprint density at radius 3 is 2.00 bits per heavy atom. The predicted molar refractivity (Wildman–Crippen MR) is 49.1 cm³/mol. The molecule has 0 atom stereocenters. The topological polar surface area (TPSA) is 64.4 Å². The molecular formula is C7H8ClF2N3. The molecule has 0 amide bonds. The highest BCUT2D eigenvalue weighted by molar-refractivity contribution is 5.85. The van der Waals surface area contributed by atoms with Crippen LogP contribution in [0.1, 0.15) is 0 Å². The average molecular weight is 208 g/mol. The summed E-state index contributed by atoms with van der Waals surface area (Å²) in [6.45, 7) is 0. The smallest absolute Gasteiger partial charge is 0.191 e. The van der Waals surface area contributed by atoms with Gasteiger partial charge in [-0.15, -0.1) is 12.4 Å². The highest BCUT2D eigenvalue weighted by Crippen LogP contribution is 2.20. The van der Waals surface area contributed by atoms with E-state index >= 15 is 0 Å². The van der Waals surface area contributed by atoms with E-state index < -0.39 is 17.3 Å². The van der Waals surface area contributed by atoms with Gasteiger partial charge in [0.15, 0.2) is 17.6 Å². The van der Waals surface area contributed by atoms with Gasteiger partial charge >= 0.3 is 0 Å². The zero-order valence-corrected chi connectivity index (χ0v) is 7.31. The van der Waals surface area contributed by atoms with Gasteiger partial charge in [0.05, 0.1) is 0 Å². The minimum Gasteiger partial charge on any atom is -0.370 e. The molecule has 0 bridgehead atoms. The molecule has 0 fully saturated rings. The summed E-state index contributed by atoms with van der Waals surface area (Å²) in [5.74, 6) is -1.95. The van der Waals surface area contributed by atoms with Gasteiger partial charge in [-0.2, -0.15) is 0 Å². The number of guanidine groups is 1. The molecule has 1 rings (SSSR count). The number of para-hydroxylation sites is 1. The van der Waals surface area contributed by atoms with Crippen LogP contribution in [0.25, 0.3) is 0 Å². The molecule has 4 N–H and O–H groups in total. The molecule has 0 aromatic heterocycles. The van der Waals surface area contributed by atoms with E-state index in [1.807, 2.05) is 0 Å². The largest absolute Gasteiger partial charge is 0.370 e. The quantitative estimate of drug-likeness (QED) is 0.538. The lowest BCUT2D eigenvalue weighted by Gasteiger charge is -1.97. The molecule has 0 aliphatic heterocycles. The summed E-state index contributed by atoms with van der Waals surface area (Å²) in [6.07, 6.45) is 0. The second-order valence-corrected chi connectivity index (χ2v) is 2.11. The van der Waals surface area contributed by atoms with Crippen LogP contribution in [-0.2, 0) is 0 Å². The zero-order valence-electron chi connectivity index (χ0n) is 6.50. The number of hydrogen-bond donors (Lipinski definition) is 2. The summed E-state index contributed by atoms with van der Waals surface area (Å²) in [7, 11) is 0. The van der Waals surface area contributed by atoms with E-state index in [0.717, 1.165) is 12.1 Å². The molecule has 0 saturated heterocycles. The van der Waals surface area contributed by atoms with Crippen molar-refractivity contribution in [3.63, 3.8) is 0 Å². The molecule has 1 aromatic carbocycles. The molecule has 0 aliphatic carbocycles. The first-order chi connectivity index (χ1) is 5.61. The van der Waals surface area contributed by atoms with Gasteiger partial charge < -0.3 is 11.5 Å². The maximum Gasteiger partial charge on any atom is 0.191 e. The highest BCUT2D eigenvalue weighted by atomic mass is 35.5. The second kappa shape index (κ2) is 4.61. The Bertz CT molecular complexity index is 303. The predicted octanol–water partition coefficient (Wildman–Crippen LogP) is 1.29. The Hall–Kier alpha value is -1.36. The van der Waals surface area contributed by atoms with Crippen LogP contribution in [0.5, 0.6) is 0 Å². The Balaban J connectivity index is 0.00000144. The highest BCUT2D eigenvalue weighted by Gasteiger charge is 2.05. The molecule has 13 heavy (non-hydrogen) atoms. The van der Waals surface area contributed by atoms with E-state index in [9.17, 15) is 8.78 Å². The molecule has 1 aromatic rings. The summed E-state index contributed by atoms with van der Waals surface area (Å²) < 4.78 is 25.5. The van der Waals surface area contributed by atoms with Gasteiger partial charge in [0.25, 0.3) is 0 Å². The monoisotopic (exact) mass is 207 g/mol. The summed E-state index contributed by atoms with van der Waals surface area (Å²) >= 11 is 0.